The second kappa shape index (κ2) is 13.5. The second-order valence-electron chi connectivity index (χ2n) is 8.28. The molecule has 0 unspecified atom stereocenters. The molecule has 0 bridgehead atoms. The summed E-state index contributed by atoms with van der Waals surface area (Å²) in [5.41, 5.74) is 1.31. The molecule has 1 aromatic carbocycles. The average molecular weight is 565 g/mol. The Hall–Kier alpha value is -2.14. The Bertz CT molecular complexity index is 819. The van der Waals surface area contributed by atoms with E-state index in [-0.39, 0.29) is 24.0 Å². The molecule has 8 nitrogen and oxygen atoms in total. The summed E-state index contributed by atoms with van der Waals surface area (Å²) in [7, 11) is 0. The van der Waals surface area contributed by atoms with Crippen LogP contribution >= 0.6 is 24.0 Å². The van der Waals surface area contributed by atoms with Crippen molar-refractivity contribution >= 4 is 41.6 Å². The summed E-state index contributed by atoms with van der Waals surface area (Å²) in [6, 6.07) is 12.6. The van der Waals surface area contributed by atoms with Gasteiger partial charge in [0.1, 0.15) is 0 Å². The molecular formula is C24H37IN8. The van der Waals surface area contributed by atoms with Gasteiger partial charge in [0.15, 0.2) is 5.96 Å². The summed E-state index contributed by atoms with van der Waals surface area (Å²) in [5, 5.41) is 3.49. The predicted molar refractivity (Wildman–Crippen MR) is 147 cm³/mol. The van der Waals surface area contributed by atoms with Gasteiger partial charge in [-0.15, -0.1) is 24.0 Å². The smallest absolute Gasteiger partial charge is 0.225 e. The minimum atomic E-state index is 0. The minimum Gasteiger partial charge on any atom is -0.368 e. The number of hydrogen-bond acceptors (Lipinski definition) is 6. The van der Waals surface area contributed by atoms with Crippen molar-refractivity contribution in [1.82, 2.24) is 25.1 Å². The van der Waals surface area contributed by atoms with Gasteiger partial charge in [0.05, 0.1) is 0 Å². The Balaban J connectivity index is 0.00000306. The molecular weight excluding hydrogens is 527 g/mol. The molecule has 4 rings (SSSR count). The number of piperazine rings is 2. The van der Waals surface area contributed by atoms with Gasteiger partial charge in [-0.25, -0.2) is 9.97 Å². The zero-order valence-corrected chi connectivity index (χ0v) is 22.0. The number of hydrogen-bond donors (Lipinski definition) is 1. The van der Waals surface area contributed by atoms with Crippen LogP contribution in [-0.2, 0) is 0 Å². The fraction of sp³-hybridized carbons (Fsp3) is 0.542. The lowest BCUT2D eigenvalue weighted by Gasteiger charge is -2.37. The molecule has 33 heavy (non-hydrogen) atoms. The average Bonchev–Trinajstić information content (AvgIpc) is 2.87. The van der Waals surface area contributed by atoms with Crippen molar-refractivity contribution in [2.45, 2.75) is 13.3 Å². The van der Waals surface area contributed by atoms with Gasteiger partial charge < -0.3 is 20.0 Å². The van der Waals surface area contributed by atoms with E-state index in [2.05, 4.69) is 72.1 Å². The Morgan fingerprint density at radius 1 is 0.879 bits per heavy atom. The number of anilines is 2. The van der Waals surface area contributed by atoms with Gasteiger partial charge in [-0.2, -0.15) is 0 Å². The number of aromatic nitrogens is 2. The zero-order valence-electron chi connectivity index (χ0n) is 19.6. The van der Waals surface area contributed by atoms with E-state index in [1.165, 1.54) is 5.69 Å². The molecule has 0 spiro atoms. The molecule has 2 saturated heterocycles. The van der Waals surface area contributed by atoms with Crippen LogP contribution in [0.5, 0.6) is 0 Å². The van der Waals surface area contributed by atoms with E-state index in [0.29, 0.717) is 0 Å². The number of para-hydroxylation sites is 1. The first-order valence-electron chi connectivity index (χ1n) is 11.9. The summed E-state index contributed by atoms with van der Waals surface area (Å²) in [6.45, 7) is 13.2. The van der Waals surface area contributed by atoms with Gasteiger partial charge in [-0.3, -0.25) is 9.89 Å². The molecule has 1 aromatic heterocycles. The normalized spacial score (nSPS) is 17.6. The Kier molecular flexibility index (Phi) is 10.5. The maximum absolute atomic E-state index is 4.94. The van der Waals surface area contributed by atoms with Crippen LogP contribution in [0.4, 0.5) is 11.6 Å². The van der Waals surface area contributed by atoms with Crippen LogP contribution in [0.25, 0.3) is 0 Å². The topological polar surface area (TPSA) is 63.1 Å². The predicted octanol–water partition coefficient (Wildman–Crippen LogP) is 2.39. The van der Waals surface area contributed by atoms with Gasteiger partial charge in [-0.05, 0) is 31.5 Å². The first kappa shape index (κ1) is 25.5. The number of benzene rings is 1. The maximum atomic E-state index is 4.94. The van der Waals surface area contributed by atoms with Crippen molar-refractivity contribution < 1.29 is 0 Å². The van der Waals surface area contributed by atoms with E-state index < -0.39 is 0 Å². The van der Waals surface area contributed by atoms with E-state index in [0.717, 1.165) is 90.3 Å². The molecule has 0 saturated carbocycles. The molecule has 0 amide bonds. The molecule has 2 aromatic rings. The van der Waals surface area contributed by atoms with Crippen molar-refractivity contribution in [3.63, 3.8) is 0 Å². The van der Waals surface area contributed by atoms with Crippen molar-refractivity contribution in [1.29, 1.82) is 0 Å². The monoisotopic (exact) mass is 564 g/mol. The second-order valence-corrected chi connectivity index (χ2v) is 8.28. The third-order valence-electron chi connectivity index (χ3n) is 6.14. The standard InChI is InChI=1S/C24H36N8.HI/c1-2-25-23(32-20-18-30(19-21-32)22-8-4-3-5-9-22)28-12-7-13-29-14-16-31(17-15-29)24-26-10-6-11-27-24;/h3-6,8-11H,2,7,12-21H2,1H3,(H,25,28);1H. The van der Waals surface area contributed by atoms with E-state index in [1.54, 1.807) is 0 Å². The van der Waals surface area contributed by atoms with Crippen LogP contribution < -0.4 is 15.1 Å². The van der Waals surface area contributed by atoms with Gasteiger partial charge in [0.25, 0.3) is 0 Å². The summed E-state index contributed by atoms with van der Waals surface area (Å²) >= 11 is 0. The highest BCUT2D eigenvalue weighted by molar-refractivity contribution is 14.0. The minimum absolute atomic E-state index is 0. The first-order chi connectivity index (χ1) is 15.8. The molecule has 2 fully saturated rings. The van der Waals surface area contributed by atoms with E-state index in [9.17, 15) is 0 Å². The lowest BCUT2D eigenvalue weighted by Crippen LogP contribution is -2.52. The molecule has 0 aliphatic carbocycles. The number of rotatable bonds is 7. The largest absolute Gasteiger partial charge is 0.368 e. The summed E-state index contributed by atoms with van der Waals surface area (Å²) in [4.78, 5) is 23.3. The van der Waals surface area contributed by atoms with Crippen LogP contribution in [0.3, 0.4) is 0 Å². The Labute approximate surface area is 215 Å². The fourth-order valence-electron chi connectivity index (χ4n) is 4.35. The van der Waals surface area contributed by atoms with Gasteiger partial charge in [-0.1, -0.05) is 18.2 Å². The number of nitrogens with zero attached hydrogens (tertiary/aromatic N) is 7. The highest BCUT2D eigenvalue weighted by Gasteiger charge is 2.20. The maximum Gasteiger partial charge on any atom is 0.225 e. The highest BCUT2D eigenvalue weighted by atomic mass is 127. The van der Waals surface area contributed by atoms with Crippen LogP contribution in [0.15, 0.2) is 53.8 Å². The highest BCUT2D eigenvalue weighted by Crippen LogP contribution is 2.15. The molecule has 2 aliphatic heterocycles. The molecule has 0 atom stereocenters. The number of guanidine groups is 1. The number of nitrogens with one attached hydrogen (secondary N) is 1. The number of halogens is 1. The fourth-order valence-corrected chi connectivity index (χ4v) is 4.35. The SMILES string of the molecule is CCNC(=NCCCN1CCN(c2ncccn2)CC1)N1CCN(c2ccccc2)CC1.I. The van der Waals surface area contributed by atoms with Crippen molar-refractivity contribution in [2.75, 3.05) is 81.8 Å². The van der Waals surface area contributed by atoms with Crippen LogP contribution in [0, 0.1) is 0 Å². The van der Waals surface area contributed by atoms with E-state index >= 15 is 0 Å². The lowest BCUT2D eigenvalue weighted by atomic mass is 10.2. The number of aliphatic imine (C=N–C) groups is 1. The van der Waals surface area contributed by atoms with Gasteiger partial charge in [0, 0.05) is 90.1 Å². The van der Waals surface area contributed by atoms with E-state index in [4.69, 9.17) is 4.99 Å². The summed E-state index contributed by atoms with van der Waals surface area (Å²) in [5.74, 6) is 1.91. The van der Waals surface area contributed by atoms with Crippen molar-refractivity contribution in [3.8, 4) is 0 Å². The lowest BCUT2D eigenvalue weighted by molar-refractivity contribution is 0.255. The summed E-state index contributed by atoms with van der Waals surface area (Å²) < 4.78 is 0. The van der Waals surface area contributed by atoms with Gasteiger partial charge >= 0.3 is 0 Å². The van der Waals surface area contributed by atoms with Crippen LogP contribution in [0.1, 0.15) is 13.3 Å². The molecule has 2 aliphatic rings. The van der Waals surface area contributed by atoms with Crippen LogP contribution in [0.2, 0.25) is 0 Å². The first-order valence-corrected chi connectivity index (χ1v) is 11.9. The van der Waals surface area contributed by atoms with Gasteiger partial charge in [0.2, 0.25) is 5.95 Å². The molecule has 3 heterocycles. The summed E-state index contributed by atoms with van der Waals surface area (Å²) in [6.07, 6.45) is 4.72. The quantitative estimate of drug-likeness (QED) is 0.240. The Morgan fingerprint density at radius 2 is 1.55 bits per heavy atom. The molecule has 1 N–H and O–H groups in total. The zero-order chi connectivity index (χ0) is 22.0. The van der Waals surface area contributed by atoms with Crippen molar-refractivity contribution in [2.24, 2.45) is 4.99 Å². The molecule has 0 radical (unpaired) electrons. The third-order valence-corrected chi connectivity index (χ3v) is 6.14. The van der Waals surface area contributed by atoms with Crippen molar-refractivity contribution in [3.05, 3.63) is 48.8 Å². The third kappa shape index (κ3) is 7.43. The van der Waals surface area contributed by atoms with E-state index in [1.807, 2.05) is 18.5 Å². The Morgan fingerprint density at radius 3 is 2.21 bits per heavy atom. The molecule has 180 valence electrons. The van der Waals surface area contributed by atoms with Crippen LogP contribution in [-0.4, -0.2) is 97.7 Å². The molecule has 9 heteroatoms.